The summed E-state index contributed by atoms with van der Waals surface area (Å²) in [6.45, 7) is 0. The van der Waals surface area contributed by atoms with E-state index in [1.807, 2.05) is 24.3 Å². The molecule has 1 amide bonds. The van der Waals surface area contributed by atoms with Crippen molar-refractivity contribution in [1.82, 2.24) is 4.98 Å². The van der Waals surface area contributed by atoms with Gasteiger partial charge in [-0.2, -0.15) is 0 Å². The van der Waals surface area contributed by atoms with Crippen LogP contribution in [0.25, 0.3) is 0 Å². The molecule has 0 spiro atoms. The number of halogens is 2. The van der Waals surface area contributed by atoms with Gasteiger partial charge >= 0.3 is 0 Å². The van der Waals surface area contributed by atoms with Crippen molar-refractivity contribution in [3.8, 4) is 0 Å². The number of carbonyl (C=O) groups excluding carboxylic acids is 1. The molecule has 116 valence electrons. The van der Waals surface area contributed by atoms with Gasteiger partial charge in [-0.15, -0.1) is 11.3 Å². The summed E-state index contributed by atoms with van der Waals surface area (Å²) in [5.74, 6) is -0.174. The van der Waals surface area contributed by atoms with Gasteiger partial charge in [0.15, 0.2) is 5.13 Å². The quantitative estimate of drug-likeness (QED) is 0.684. The molecule has 2 aromatic carbocycles. The van der Waals surface area contributed by atoms with Crippen molar-refractivity contribution in [2.45, 2.75) is 6.42 Å². The van der Waals surface area contributed by atoms with Gasteiger partial charge in [0.2, 0.25) is 0 Å². The maximum Gasteiger partial charge on any atom is 0.257 e. The number of hydrogen-bond donors (Lipinski definition) is 1. The van der Waals surface area contributed by atoms with Crippen LogP contribution in [0.2, 0.25) is 10.0 Å². The summed E-state index contributed by atoms with van der Waals surface area (Å²) in [5, 5.41) is 4.67. The van der Waals surface area contributed by atoms with Crippen LogP contribution in [0.15, 0.2) is 54.7 Å². The van der Waals surface area contributed by atoms with E-state index in [0.717, 1.165) is 10.4 Å². The van der Waals surface area contributed by atoms with Crippen LogP contribution >= 0.6 is 34.5 Å². The number of hydrogen-bond acceptors (Lipinski definition) is 3. The van der Waals surface area contributed by atoms with E-state index >= 15 is 0 Å². The Hall–Kier alpha value is -1.88. The van der Waals surface area contributed by atoms with Crippen LogP contribution < -0.4 is 5.32 Å². The fourth-order valence-corrected chi connectivity index (χ4v) is 3.28. The first-order chi connectivity index (χ1) is 11.1. The van der Waals surface area contributed by atoms with Gasteiger partial charge in [0.05, 0.1) is 0 Å². The Morgan fingerprint density at radius 2 is 1.91 bits per heavy atom. The fraction of sp³-hybridized carbons (Fsp3) is 0.0588. The van der Waals surface area contributed by atoms with Gasteiger partial charge in [-0.3, -0.25) is 10.1 Å². The van der Waals surface area contributed by atoms with E-state index in [9.17, 15) is 4.79 Å². The van der Waals surface area contributed by atoms with Crippen LogP contribution in [-0.2, 0) is 6.42 Å². The summed E-state index contributed by atoms with van der Waals surface area (Å²) in [5.41, 5.74) is 1.53. The van der Waals surface area contributed by atoms with Gasteiger partial charge in [-0.1, -0.05) is 41.4 Å². The highest BCUT2D eigenvalue weighted by Gasteiger charge is 2.10. The minimum atomic E-state index is -0.174. The summed E-state index contributed by atoms with van der Waals surface area (Å²) in [7, 11) is 0. The van der Waals surface area contributed by atoms with Gasteiger partial charge in [-0.05, 0) is 35.9 Å². The van der Waals surface area contributed by atoms with Crippen molar-refractivity contribution < 1.29 is 4.79 Å². The minimum Gasteiger partial charge on any atom is -0.298 e. The molecular formula is C17H12Cl2N2OS. The highest BCUT2D eigenvalue weighted by atomic mass is 35.5. The normalized spacial score (nSPS) is 10.5. The molecule has 0 aliphatic heterocycles. The van der Waals surface area contributed by atoms with Crippen LogP contribution in [-0.4, -0.2) is 10.9 Å². The van der Waals surface area contributed by atoms with Crippen LogP contribution in [0.3, 0.4) is 0 Å². The van der Waals surface area contributed by atoms with E-state index in [2.05, 4.69) is 10.3 Å². The summed E-state index contributed by atoms with van der Waals surface area (Å²) in [4.78, 5) is 17.3. The molecule has 0 fully saturated rings. The summed E-state index contributed by atoms with van der Waals surface area (Å²) in [6, 6.07) is 14.4. The summed E-state index contributed by atoms with van der Waals surface area (Å²) < 4.78 is 0. The van der Waals surface area contributed by atoms with Crippen LogP contribution in [0.5, 0.6) is 0 Å². The molecule has 23 heavy (non-hydrogen) atoms. The molecule has 0 saturated carbocycles. The van der Waals surface area contributed by atoms with Crippen LogP contribution in [0.1, 0.15) is 20.8 Å². The first-order valence-corrected chi connectivity index (χ1v) is 8.44. The Labute approximate surface area is 147 Å². The second kappa shape index (κ2) is 7.13. The predicted molar refractivity (Wildman–Crippen MR) is 95.8 cm³/mol. The highest BCUT2D eigenvalue weighted by Crippen LogP contribution is 2.27. The fourth-order valence-electron chi connectivity index (χ4n) is 2.07. The van der Waals surface area contributed by atoms with Gasteiger partial charge in [0.25, 0.3) is 5.91 Å². The van der Waals surface area contributed by atoms with Crippen LogP contribution in [0, 0.1) is 0 Å². The Morgan fingerprint density at radius 1 is 1.13 bits per heavy atom. The molecule has 1 aromatic heterocycles. The molecule has 3 aromatic rings. The topological polar surface area (TPSA) is 42.0 Å². The van der Waals surface area contributed by atoms with E-state index in [4.69, 9.17) is 23.2 Å². The third kappa shape index (κ3) is 4.10. The highest BCUT2D eigenvalue weighted by molar-refractivity contribution is 7.15. The SMILES string of the molecule is O=C(Nc1ncc(Cc2cc(Cl)ccc2Cl)s1)c1ccccc1. The molecule has 0 radical (unpaired) electrons. The van der Waals surface area contributed by atoms with Crippen molar-refractivity contribution in [3.63, 3.8) is 0 Å². The predicted octanol–water partition coefficient (Wildman–Crippen LogP) is 5.29. The Balaban J connectivity index is 1.71. The second-order valence-corrected chi connectivity index (χ2v) is 6.82. The van der Waals surface area contributed by atoms with E-state index in [-0.39, 0.29) is 5.91 Å². The largest absolute Gasteiger partial charge is 0.298 e. The van der Waals surface area contributed by atoms with Crippen molar-refractivity contribution >= 4 is 45.6 Å². The zero-order valence-electron chi connectivity index (χ0n) is 11.9. The molecule has 0 bridgehead atoms. The van der Waals surface area contributed by atoms with E-state index in [0.29, 0.717) is 27.2 Å². The number of nitrogens with zero attached hydrogens (tertiary/aromatic N) is 1. The van der Waals surface area contributed by atoms with Crippen LogP contribution in [0.4, 0.5) is 5.13 Å². The van der Waals surface area contributed by atoms with Crippen molar-refractivity contribution in [2.75, 3.05) is 5.32 Å². The standard InChI is InChI=1S/C17H12Cl2N2OS/c18-13-6-7-15(19)12(8-13)9-14-10-20-17(23-14)21-16(22)11-4-2-1-3-5-11/h1-8,10H,9H2,(H,20,21,22). The third-order valence-corrected chi connectivity index (χ3v) is 4.70. The molecule has 1 heterocycles. The molecule has 3 rings (SSSR count). The smallest absolute Gasteiger partial charge is 0.257 e. The number of carbonyl (C=O) groups is 1. The lowest BCUT2D eigenvalue weighted by Gasteiger charge is -2.03. The lowest BCUT2D eigenvalue weighted by molar-refractivity contribution is 0.102. The van der Waals surface area contributed by atoms with Crippen molar-refractivity contribution in [2.24, 2.45) is 0 Å². The molecule has 0 aliphatic rings. The number of benzene rings is 2. The molecule has 6 heteroatoms. The molecule has 3 nitrogen and oxygen atoms in total. The Morgan fingerprint density at radius 3 is 2.70 bits per heavy atom. The zero-order chi connectivity index (χ0) is 16.2. The minimum absolute atomic E-state index is 0.174. The monoisotopic (exact) mass is 362 g/mol. The molecule has 0 aliphatic carbocycles. The van der Waals surface area contributed by atoms with Crippen molar-refractivity contribution in [1.29, 1.82) is 0 Å². The number of nitrogens with one attached hydrogen (secondary N) is 1. The first kappa shape index (κ1) is 16.0. The molecule has 0 atom stereocenters. The van der Waals surface area contributed by atoms with E-state index < -0.39 is 0 Å². The maximum atomic E-state index is 12.1. The average molecular weight is 363 g/mol. The van der Waals surface area contributed by atoms with Gasteiger partial charge < -0.3 is 0 Å². The summed E-state index contributed by atoms with van der Waals surface area (Å²) >= 11 is 13.6. The molecular weight excluding hydrogens is 351 g/mol. The third-order valence-electron chi connectivity index (χ3n) is 3.18. The second-order valence-electron chi connectivity index (χ2n) is 4.86. The number of thiazole rings is 1. The molecule has 1 N–H and O–H groups in total. The van der Waals surface area contributed by atoms with Gasteiger partial charge in [-0.25, -0.2) is 4.98 Å². The lowest BCUT2D eigenvalue weighted by atomic mass is 10.1. The number of aromatic nitrogens is 1. The number of rotatable bonds is 4. The average Bonchev–Trinajstić information content (AvgIpc) is 2.99. The van der Waals surface area contributed by atoms with Gasteiger partial charge in [0.1, 0.15) is 0 Å². The Bertz CT molecular complexity index is 834. The first-order valence-electron chi connectivity index (χ1n) is 6.87. The van der Waals surface area contributed by atoms with E-state index in [1.165, 1.54) is 11.3 Å². The van der Waals surface area contributed by atoms with Crippen molar-refractivity contribution in [3.05, 3.63) is 80.8 Å². The molecule has 0 saturated heterocycles. The lowest BCUT2D eigenvalue weighted by Crippen LogP contribution is -2.11. The molecule has 0 unspecified atom stereocenters. The Kier molecular flexibility index (Phi) is 4.96. The number of amides is 1. The van der Waals surface area contributed by atoms with E-state index in [1.54, 1.807) is 30.5 Å². The zero-order valence-corrected chi connectivity index (χ0v) is 14.3. The summed E-state index contributed by atoms with van der Waals surface area (Å²) in [6.07, 6.45) is 2.36. The maximum absolute atomic E-state index is 12.1. The van der Waals surface area contributed by atoms with Gasteiger partial charge in [0, 0.05) is 33.1 Å². The number of anilines is 1.